The summed E-state index contributed by atoms with van der Waals surface area (Å²) in [7, 11) is 0. The number of benzene rings is 2. The van der Waals surface area contributed by atoms with Crippen molar-refractivity contribution in [1.82, 2.24) is 4.98 Å². The number of hydrogen-bond donors (Lipinski definition) is 2. The number of alkyl halides is 1. The normalized spacial score (nSPS) is 12.3. The molecule has 0 aliphatic rings. The maximum absolute atomic E-state index is 13.6. The van der Waals surface area contributed by atoms with Crippen LogP contribution in [0.25, 0.3) is 10.9 Å². The standard InChI is InChI=1S/C18H13BrClF2NO3/c19-17(10-2-1-9(20)5-16(10)26-4-3-24)18(25)12-8-23-15-7-14(22)13(21)6-11(12)15/h1-2,5-8,17,23-24H,3-4H2. The minimum Gasteiger partial charge on any atom is -0.491 e. The predicted molar refractivity (Wildman–Crippen MR) is 98.2 cm³/mol. The van der Waals surface area contributed by atoms with Gasteiger partial charge in [0.05, 0.1) is 6.61 Å². The summed E-state index contributed by atoms with van der Waals surface area (Å²) in [6.45, 7) is -0.154. The van der Waals surface area contributed by atoms with Crippen molar-refractivity contribution in [2.24, 2.45) is 0 Å². The van der Waals surface area contributed by atoms with E-state index in [-0.39, 0.29) is 29.9 Å². The molecule has 4 nitrogen and oxygen atoms in total. The number of aliphatic hydroxyl groups is 1. The van der Waals surface area contributed by atoms with Gasteiger partial charge in [0.25, 0.3) is 0 Å². The average Bonchev–Trinajstić information content (AvgIpc) is 3.01. The van der Waals surface area contributed by atoms with E-state index in [1.165, 1.54) is 6.20 Å². The molecular formula is C18H13BrClF2NO3. The van der Waals surface area contributed by atoms with Gasteiger partial charge in [-0.1, -0.05) is 33.6 Å². The number of hydrogen-bond acceptors (Lipinski definition) is 3. The number of rotatable bonds is 6. The van der Waals surface area contributed by atoms with Gasteiger partial charge in [0, 0.05) is 39.3 Å². The molecule has 1 unspecified atom stereocenters. The molecule has 3 rings (SSSR count). The summed E-state index contributed by atoms with van der Waals surface area (Å²) >= 11 is 9.31. The zero-order chi connectivity index (χ0) is 18.8. The van der Waals surface area contributed by atoms with Crippen LogP contribution in [0.15, 0.2) is 36.5 Å². The van der Waals surface area contributed by atoms with Crippen molar-refractivity contribution in [2.75, 3.05) is 13.2 Å². The fraction of sp³-hybridized carbons (Fsp3) is 0.167. The van der Waals surface area contributed by atoms with Crippen LogP contribution in [0.5, 0.6) is 5.75 Å². The van der Waals surface area contributed by atoms with Crippen LogP contribution in [0.2, 0.25) is 5.02 Å². The van der Waals surface area contributed by atoms with Gasteiger partial charge in [0.1, 0.15) is 17.2 Å². The number of ketones is 1. The van der Waals surface area contributed by atoms with Gasteiger partial charge in [-0.25, -0.2) is 8.78 Å². The van der Waals surface area contributed by atoms with Crippen molar-refractivity contribution in [1.29, 1.82) is 0 Å². The molecule has 3 aromatic rings. The van der Waals surface area contributed by atoms with E-state index in [0.717, 1.165) is 12.1 Å². The Balaban J connectivity index is 1.99. The highest BCUT2D eigenvalue weighted by Gasteiger charge is 2.25. The van der Waals surface area contributed by atoms with Crippen LogP contribution in [-0.4, -0.2) is 29.1 Å². The molecule has 2 N–H and O–H groups in total. The first-order valence-corrected chi connectivity index (χ1v) is 8.89. The second-order valence-electron chi connectivity index (χ2n) is 5.50. The number of Topliss-reactive ketones (excluding diaryl/α,β-unsaturated/α-hetero) is 1. The number of fused-ring (bicyclic) bond motifs is 1. The minimum atomic E-state index is -1.03. The Morgan fingerprint density at radius 3 is 2.73 bits per heavy atom. The predicted octanol–water partition coefficient (Wildman–Crippen LogP) is 4.79. The van der Waals surface area contributed by atoms with Crippen molar-refractivity contribution in [3.05, 3.63) is 64.3 Å². The molecule has 136 valence electrons. The van der Waals surface area contributed by atoms with Crippen LogP contribution in [0.1, 0.15) is 20.7 Å². The number of ether oxygens (including phenoxy) is 1. The molecule has 1 heterocycles. The first-order valence-electron chi connectivity index (χ1n) is 7.60. The van der Waals surface area contributed by atoms with E-state index in [2.05, 4.69) is 20.9 Å². The monoisotopic (exact) mass is 443 g/mol. The summed E-state index contributed by atoms with van der Waals surface area (Å²) in [6, 6.07) is 6.76. The van der Waals surface area contributed by atoms with Crippen LogP contribution >= 0.6 is 27.5 Å². The molecule has 0 fully saturated rings. The molecule has 1 atom stereocenters. The molecule has 1 aromatic heterocycles. The topological polar surface area (TPSA) is 62.3 Å². The number of aromatic nitrogens is 1. The highest BCUT2D eigenvalue weighted by molar-refractivity contribution is 9.09. The van der Waals surface area contributed by atoms with Crippen LogP contribution < -0.4 is 4.74 Å². The molecule has 0 radical (unpaired) electrons. The summed E-state index contributed by atoms with van der Waals surface area (Å²) < 4.78 is 32.4. The van der Waals surface area contributed by atoms with Crippen molar-refractivity contribution < 1.29 is 23.4 Å². The van der Waals surface area contributed by atoms with E-state index in [1.807, 2.05) is 0 Å². The first-order chi connectivity index (χ1) is 12.4. The lowest BCUT2D eigenvalue weighted by Gasteiger charge is -2.15. The molecular weight excluding hydrogens is 432 g/mol. The van der Waals surface area contributed by atoms with Gasteiger partial charge in [-0.15, -0.1) is 0 Å². The third kappa shape index (κ3) is 3.60. The number of aromatic amines is 1. The third-order valence-electron chi connectivity index (χ3n) is 3.82. The second kappa shape index (κ2) is 7.73. The Kier molecular flexibility index (Phi) is 5.60. The van der Waals surface area contributed by atoms with E-state index in [9.17, 15) is 13.6 Å². The van der Waals surface area contributed by atoms with Crippen LogP contribution in [0, 0.1) is 11.6 Å². The lowest BCUT2D eigenvalue weighted by Crippen LogP contribution is -2.10. The van der Waals surface area contributed by atoms with Gasteiger partial charge in [-0.3, -0.25) is 4.79 Å². The summed E-state index contributed by atoms with van der Waals surface area (Å²) in [6.07, 6.45) is 1.41. The molecule has 0 saturated heterocycles. The zero-order valence-corrected chi connectivity index (χ0v) is 15.6. The highest BCUT2D eigenvalue weighted by Crippen LogP contribution is 2.37. The van der Waals surface area contributed by atoms with E-state index in [0.29, 0.717) is 21.9 Å². The van der Waals surface area contributed by atoms with E-state index >= 15 is 0 Å². The largest absolute Gasteiger partial charge is 0.491 e. The molecule has 0 saturated carbocycles. The molecule has 0 spiro atoms. The Morgan fingerprint density at radius 1 is 1.27 bits per heavy atom. The van der Waals surface area contributed by atoms with Crippen LogP contribution in [0.4, 0.5) is 8.78 Å². The van der Waals surface area contributed by atoms with Crippen LogP contribution in [0.3, 0.4) is 0 Å². The SMILES string of the molecule is O=C(c1c[nH]c2cc(F)c(F)cc12)C(Br)c1ccc(Cl)cc1OCCO. The number of nitrogens with one attached hydrogen (secondary N) is 1. The molecule has 0 amide bonds. The van der Waals surface area contributed by atoms with Gasteiger partial charge < -0.3 is 14.8 Å². The van der Waals surface area contributed by atoms with Crippen molar-refractivity contribution in [3.8, 4) is 5.75 Å². The molecule has 0 aliphatic heterocycles. The molecule has 8 heteroatoms. The Labute approximate surface area is 160 Å². The minimum absolute atomic E-state index is 0.0405. The van der Waals surface area contributed by atoms with Crippen molar-refractivity contribution >= 4 is 44.2 Å². The van der Waals surface area contributed by atoms with Crippen molar-refractivity contribution in [2.45, 2.75) is 4.83 Å². The maximum atomic E-state index is 13.6. The van der Waals surface area contributed by atoms with Gasteiger partial charge in [-0.05, 0) is 18.2 Å². The molecule has 26 heavy (non-hydrogen) atoms. The second-order valence-corrected chi connectivity index (χ2v) is 6.85. The summed E-state index contributed by atoms with van der Waals surface area (Å²) in [4.78, 5) is 14.9. The Morgan fingerprint density at radius 2 is 2.00 bits per heavy atom. The fourth-order valence-corrected chi connectivity index (χ4v) is 3.38. The summed E-state index contributed by atoms with van der Waals surface area (Å²) in [5.74, 6) is -2.04. The van der Waals surface area contributed by atoms with Crippen LogP contribution in [-0.2, 0) is 0 Å². The number of halogens is 4. The number of carbonyl (C=O) groups excluding carboxylic acids is 1. The Hall–Kier alpha value is -1.96. The van der Waals surface area contributed by atoms with Gasteiger partial charge in [0.2, 0.25) is 0 Å². The number of aliphatic hydroxyl groups excluding tert-OH is 1. The number of carbonyl (C=O) groups is 1. The van der Waals surface area contributed by atoms with Gasteiger partial charge >= 0.3 is 0 Å². The molecule has 0 aliphatic carbocycles. The number of H-pyrrole nitrogens is 1. The fourth-order valence-electron chi connectivity index (χ4n) is 2.60. The lowest BCUT2D eigenvalue weighted by atomic mass is 10.0. The maximum Gasteiger partial charge on any atom is 0.183 e. The van der Waals surface area contributed by atoms with Gasteiger partial charge in [0.15, 0.2) is 17.4 Å². The van der Waals surface area contributed by atoms with Crippen molar-refractivity contribution in [3.63, 3.8) is 0 Å². The average molecular weight is 445 g/mol. The van der Waals surface area contributed by atoms with E-state index in [1.54, 1.807) is 18.2 Å². The molecule has 2 aromatic carbocycles. The highest BCUT2D eigenvalue weighted by atomic mass is 79.9. The van der Waals surface area contributed by atoms with Gasteiger partial charge in [-0.2, -0.15) is 0 Å². The summed E-state index contributed by atoms with van der Waals surface area (Å²) in [5, 5.41) is 9.64. The first kappa shape index (κ1) is 18.8. The zero-order valence-electron chi connectivity index (χ0n) is 13.2. The lowest BCUT2D eigenvalue weighted by molar-refractivity contribution is 0.0991. The van der Waals surface area contributed by atoms with E-state index in [4.69, 9.17) is 21.4 Å². The Bertz CT molecular complexity index is 976. The quantitative estimate of drug-likeness (QED) is 0.424. The summed E-state index contributed by atoms with van der Waals surface area (Å²) in [5.41, 5.74) is 1.04. The van der Waals surface area contributed by atoms with E-state index < -0.39 is 16.5 Å². The molecule has 0 bridgehead atoms. The third-order valence-corrected chi connectivity index (χ3v) is 4.96. The smallest absolute Gasteiger partial charge is 0.183 e.